The van der Waals surface area contributed by atoms with E-state index in [4.69, 9.17) is 14.2 Å². The Labute approximate surface area is 205 Å². The molecule has 0 amide bonds. The van der Waals surface area contributed by atoms with Crippen molar-refractivity contribution in [1.82, 2.24) is 4.57 Å². The van der Waals surface area contributed by atoms with Crippen LogP contribution in [0.5, 0.6) is 17.2 Å². The molecule has 0 aliphatic carbocycles. The van der Waals surface area contributed by atoms with E-state index in [1.807, 2.05) is 78.9 Å². The highest BCUT2D eigenvalue weighted by molar-refractivity contribution is 5.78. The zero-order valence-corrected chi connectivity index (χ0v) is 19.9. The van der Waals surface area contributed by atoms with E-state index >= 15 is 0 Å². The Morgan fingerprint density at radius 3 is 1.83 bits per heavy atom. The third-order valence-corrected chi connectivity index (χ3v) is 5.92. The molecule has 0 bridgehead atoms. The summed E-state index contributed by atoms with van der Waals surface area (Å²) in [6, 6.07) is 34.5. The number of methoxy groups -OCH3 is 3. The fraction of sp³-hybridized carbons (Fsp3) is 0.100. The van der Waals surface area contributed by atoms with Crippen LogP contribution in [-0.4, -0.2) is 25.9 Å². The van der Waals surface area contributed by atoms with Gasteiger partial charge >= 0.3 is 0 Å². The first-order valence-electron chi connectivity index (χ1n) is 11.3. The summed E-state index contributed by atoms with van der Waals surface area (Å²) in [6.45, 7) is 0. The minimum Gasteiger partial charge on any atom is -0.500 e. The van der Waals surface area contributed by atoms with Gasteiger partial charge in [0.15, 0.2) is 0 Å². The molecule has 0 saturated heterocycles. The van der Waals surface area contributed by atoms with E-state index in [2.05, 4.69) is 39.7 Å². The highest BCUT2D eigenvalue weighted by atomic mass is 16.5. The van der Waals surface area contributed by atoms with Gasteiger partial charge in [0.05, 0.1) is 38.4 Å². The molecule has 0 fully saturated rings. The van der Waals surface area contributed by atoms with Crippen molar-refractivity contribution in [2.45, 2.75) is 0 Å². The van der Waals surface area contributed by atoms with Gasteiger partial charge in [0.25, 0.3) is 6.33 Å². The van der Waals surface area contributed by atoms with Crippen LogP contribution in [0, 0.1) is 6.33 Å². The van der Waals surface area contributed by atoms with Gasteiger partial charge in [-0.15, -0.1) is 0 Å². The summed E-state index contributed by atoms with van der Waals surface area (Å²) in [5, 5.41) is 0. The van der Waals surface area contributed by atoms with E-state index in [9.17, 15) is 0 Å². The Hall–Kier alpha value is -4.51. The van der Waals surface area contributed by atoms with Crippen molar-refractivity contribution in [1.29, 1.82) is 0 Å². The van der Waals surface area contributed by atoms with Gasteiger partial charge < -0.3 is 14.2 Å². The van der Waals surface area contributed by atoms with Crippen molar-refractivity contribution < 1.29 is 18.8 Å². The van der Waals surface area contributed by atoms with Crippen LogP contribution in [0.4, 0.5) is 0 Å². The standard InChI is InChI=1S/C30H26N2O3/c1-33-25-16-14-24(15-17-25)31-21-32(27-19-18-26(34-2)20-28(27)35-3)30(23-12-8-5-9-13-23)29(31)22-10-6-4-7-11-22/h4-20H,1-3H3. The third-order valence-electron chi connectivity index (χ3n) is 5.92. The second-order valence-electron chi connectivity index (χ2n) is 7.94. The molecule has 5 aromatic rings. The van der Waals surface area contributed by atoms with Crippen LogP contribution >= 0.6 is 0 Å². The third kappa shape index (κ3) is 4.24. The number of hydrogen-bond acceptors (Lipinski definition) is 3. The van der Waals surface area contributed by atoms with E-state index in [1.165, 1.54) is 0 Å². The van der Waals surface area contributed by atoms with Crippen LogP contribution in [0.3, 0.4) is 0 Å². The smallest absolute Gasteiger partial charge is 0.269 e. The van der Waals surface area contributed by atoms with Gasteiger partial charge in [-0.1, -0.05) is 60.7 Å². The summed E-state index contributed by atoms with van der Waals surface area (Å²) in [4.78, 5) is 0. The second-order valence-corrected chi connectivity index (χ2v) is 7.94. The molecule has 5 nitrogen and oxygen atoms in total. The van der Waals surface area contributed by atoms with Crippen LogP contribution in [-0.2, 0) is 0 Å². The predicted molar refractivity (Wildman–Crippen MR) is 137 cm³/mol. The minimum atomic E-state index is 0.689. The molecule has 5 rings (SSSR count). The Balaban J connectivity index is 1.86. The molecule has 0 aliphatic heterocycles. The topological polar surface area (TPSA) is 36.5 Å². The van der Waals surface area contributed by atoms with Gasteiger partial charge in [-0.2, -0.15) is 0 Å². The fourth-order valence-electron chi connectivity index (χ4n) is 4.20. The summed E-state index contributed by atoms with van der Waals surface area (Å²) >= 11 is 0. The molecule has 0 spiro atoms. The lowest BCUT2D eigenvalue weighted by atomic mass is 10.0. The highest BCUT2D eigenvalue weighted by Crippen LogP contribution is 2.36. The Morgan fingerprint density at radius 1 is 0.629 bits per heavy atom. The molecular weight excluding hydrogens is 436 g/mol. The quantitative estimate of drug-likeness (QED) is 0.223. The Bertz CT molecular complexity index is 1430. The molecule has 4 aromatic carbocycles. The number of hydrogen-bond donors (Lipinski definition) is 0. The van der Waals surface area contributed by atoms with E-state index in [0.29, 0.717) is 5.75 Å². The maximum absolute atomic E-state index is 5.78. The lowest BCUT2D eigenvalue weighted by Crippen LogP contribution is -2.31. The Morgan fingerprint density at radius 2 is 1.23 bits per heavy atom. The summed E-state index contributed by atoms with van der Waals surface area (Å²) in [5.41, 5.74) is 5.97. The average molecular weight is 463 g/mol. The Kier molecular flexibility index (Phi) is 6.22. The molecule has 5 heteroatoms. The predicted octanol–water partition coefficient (Wildman–Crippen LogP) is 5.91. The van der Waals surface area contributed by atoms with Crippen LogP contribution in [0.2, 0.25) is 0 Å². The molecule has 0 atom stereocenters. The number of ether oxygens (including phenoxy) is 3. The van der Waals surface area contributed by atoms with Crippen molar-refractivity contribution in [3.63, 3.8) is 0 Å². The molecule has 35 heavy (non-hydrogen) atoms. The van der Waals surface area contributed by atoms with Gasteiger partial charge in [0.1, 0.15) is 22.9 Å². The molecule has 0 aliphatic rings. The molecule has 1 heterocycles. The molecule has 0 unspecified atom stereocenters. The van der Waals surface area contributed by atoms with Crippen LogP contribution in [0.15, 0.2) is 103 Å². The summed E-state index contributed by atoms with van der Waals surface area (Å²) in [6.07, 6.45) is 3.60. The number of imidazole rings is 1. The lowest BCUT2D eigenvalue weighted by Gasteiger charge is -2.15. The van der Waals surface area contributed by atoms with E-state index in [0.717, 1.165) is 45.4 Å². The van der Waals surface area contributed by atoms with Crippen molar-refractivity contribution in [2.24, 2.45) is 0 Å². The van der Waals surface area contributed by atoms with Gasteiger partial charge in [-0.3, -0.25) is 9.13 Å². The first-order valence-corrected chi connectivity index (χ1v) is 11.3. The highest BCUT2D eigenvalue weighted by Gasteiger charge is 2.23. The normalized spacial score (nSPS) is 10.7. The van der Waals surface area contributed by atoms with Gasteiger partial charge in [0.2, 0.25) is 0 Å². The molecular formula is C30H26N2O3. The minimum absolute atomic E-state index is 0.689. The van der Waals surface area contributed by atoms with Crippen molar-refractivity contribution in [3.05, 3.63) is 109 Å². The monoisotopic (exact) mass is 462 g/mol. The van der Waals surface area contributed by atoms with E-state index in [1.54, 1.807) is 21.3 Å². The zero-order valence-electron chi connectivity index (χ0n) is 19.9. The fourth-order valence-corrected chi connectivity index (χ4v) is 4.20. The summed E-state index contributed by atoms with van der Waals surface area (Å²) in [7, 11) is 4.99. The van der Waals surface area contributed by atoms with E-state index < -0.39 is 0 Å². The first kappa shape index (κ1) is 22.3. The molecule has 0 N–H and O–H groups in total. The molecule has 0 radical (unpaired) electrons. The zero-order chi connectivity index (χ0) is 24.2. The summed E-state index contributed by atoms with van der Waals surface area (Å²) in [5.74, 6) is 2.22. The van der Waals surface area contributed by atoms with Crippen molar-refractivity contribution in [3.8, 4) is 51.1 Å². The average Bonchev–Trinajstić information content (AvgIpc) is 3.34. The van der Waals surface area contributed by atoms with Crippen LogP contribution in [0.1, 0.15) is 0 Å². The SMILES string of the molecule is COc1ccc(-[n+]2[c-]n(-c3ccc(OC)cc3OC)c(-c3ccccc3)c2-c2ccccc2)cc1. The number of nitrogens with zero attached hydrogens (tertiary/aromatic N) is 2. The van der Waals surface area contributed by atoms with Crippen molar-refractivity contribution in [2.75, 3.05) is 21.3 Å². The van der Waals surface area contributed by atoms with E-state index in [-0.39, 0.29) is 0 Å². The van der Waals surface area contributed by atoms with Crippen LogP contribution < -0.4 is 18.8 Å². The van der Waals surface area contributed by atoms with Crippen molar-refractivity contribution >= 4 is 0 Å². The maximum atomic E-state index is 5.78. The number of aromatic nitrogens is 2. The lowest BCUT2D eigenvalue weighted by molar-refractivity contribution is -0.587. The van der Waals surface area contributed by atoms with Gasteiger partial charge in [-0.05, 0) is 47.5 Å². The number of benzene rings is 4. The van der Waals surface area contributed by atoms with Gasteiger partial charge in [0, 0.05) is 6.07 Å². The molecule has 0 saturated carbocycles. The summed E-state index contributed by atoms with van der Waals surface area (Å²) < 4.78 is 20.7. The second kappa shape index (κ2) is 9.77. The molecule has 174 valence electrons. The first-order chi connectivity index (χ1) is 17.2. The molecule has 1 aromatic heterocycles. The van der Waals surface area contributed by atoms with Crippen LogP contribution in [0.25, 0.3) is 33.9 Å². The maximum Gasteiger partial charge on any atom is 0.269 e. The van der Waals surface area contributed by atoms with Gasteiger partial charge in [-0.25, -0.2) is 0 Å². The number of rotatable bonds is 7. The largest absolute Gasteiger partial charge is 0.500 e.